The predicted molar refractivity (Wildman–Crippen MR) is 72.4 cm³/mol. The fraction of sp³-hybridized carbons (Fsp3) is 0.462. The van der Waals surface area contributed by atoms with Crippen LogP contribution in [0.2, 0.25) is 0 Å². The summed E-state index contributed by atoms with van der Waals surface area (Å²) in [5, 5.41) is 13.1. The van der Waals surface area contributed by atoms with Gasteiger partial charge in [-0.25, -0.2) is 0 Å². The third-order valence-corrected chi connectivity index (χ3v) is 2.82. The van der Waals surface area contributed by atoms with Crippen LogP contribution in [-0.2, 0) is 0 Å². The molecule has 2 rings (SSSR count). The number of rotatable bonds is 5. The standard InChI is InChI=1S/C13H19N3O2/c1-3-6-13(2,17)8-15-12-16-10-5-4-9(14)7-11(10)18-12/h4-5,7,17H,3,6,8,14H2,1-2H3,(H,15,16). The Hall–Kier alpha value is -1.75. The highest BCUT2D eigenvalue weighted by Crippen LogP contribution is 2.22. The minimum atomic E-state index is -0.756. The number of nitrogens with two attached hydrogens (primary N) is 1. The van der Waals surface area contributed by atoms with Gasteiger partial charge >= 0.3 is 0 Å². The summed E-state index contributed by atoms with van der Waals surface area (Å²) in [5.41, 5.74) is 6.95. The Morgan fingerprint density at radius 1 is 1.50 bits per heavy atom. The van der Waals surface area contributed by atoms with Crippen LogP contribution < -0.4 is 11.1 Å². The summed E-state index contributed by atoms with van der Waals surface area (Å²) in [6.07, 6.45) is 1.66. The first kappa shape index (κ1) is 12.7. The largest absolute Gasteiger partial charge is 0.423 e. The molecule has 0 bridgehead atoms. The molecule has 1 heterocycles. The van der Waals surface area contributed by atoms with Crippen LogP contribution in [0.15, 0.2) is 22.6 Å². The van der Waals surface area contributed by atoms with E-state index in [-0.39, 0.29) is 0 Å². The van der Waals surface area contributed by atoms with Crippen molar-refractivity contribution in [3.8, 4) is 0 Å². The number of oxazole rings is 1. The summed E-state index contributed by atoms with van der Waals surface area (Å²) in [5.74, 6) is 0. The van der Waals surface area contributed by atoms with Gasteiger partial charge in [-0.1, -0.05) is 13.3 Å². The SMILES string of the molecule is CCCC(C)(O)CNc1nc2ccc(N)cc2o1. The molecule has 0 aliphatic rings. The van der Waals surface area contributed by atoms with E-state index in [0.29, 0.717) is 23.8 Å². The summed E-state index contributed by atoms with van der Waals surface area (Å²) in [4.78, 5) is 4.27. The minimum absolute atomic E-state index is 0.406. The van der Waals surface area contributed by atoms with Crippen molar-refractivity contribution < 1.29 is 9.52 Å². The molecule has 1 aromatic carbocycles. The molecule has 5 nitrogen and oxygen atoms in total. The van der Waals surface area contributed by atoms with Gasteiger partial charge in [-0.2, -0.15) is 4.98 Å². The van der Waals surface area contributed by atoms with Crippen LogP contribution >= 0.6 is 0 Å². The van der Waals surface area contributed by atoms with Crippen molar-refractivity contribution in [3.63, 3.8) is 0 Å². The lowest BCUT2D eigenvalue weighted by molar-refractivity contribution is 0.0631. The zero-order chi connectivity index (χ0) is 13.2. The van der Waals surface area contributed by atoms with Gasteiger partial charge in [0.05, 0.1) is 5.60 Å². The molecule has 98 valence electrons. The van der Waals surface area contributed by atoms with E-state index < -0.39 is 5.60 Å². The molecule has 18 heavy (non-hydrogen) atoms. The fourth-order valence-electron chi connectivity index (χ4n) is 1.91. The highest BCUT2D eigenvalue weighted by Gasteiger charge is 2.19. The first-order valence-electron chi connectivity index (χ1n) is 6.12. The maximum Gasteiger partial charge on any atom is 0.295 e. The second-order valence-corrected chi connectivity index (χ2v) is 4.85. The van der Waals surface area contributed by atoms with E-state index in [0.717, 1.165) is 18.4 Å². The molecule has 4 N–H and O–H groups in total. The van der Waals surface area contributed by atoms with Crippen LogP contribution in [0, 0.1) is 0 Å². The number of nitrogens with zero attached hydrogens (tertiary/aromatic N) is 1. The van der Waals surface area contributed by atoms with Crippen LogP contribution in [0.5, 0.6) is 0 Å². The molecule has 0 aliphatic carbocycles. The number of nitrogen functional groups attached to an aromatic ring is 1. The molecule has 0 spiro atoms. The van der Waals surface area contributed by atoms with Crippen molar-refractivity contribution in [2.75, 3.05) is 17.6 Å². The number of benzene rings is 1. The first-order valence-corrected chi connectivity index (χ1v) is 6.12. The molecule has 2 aromatic rings. The number of hydrogen-bond donors (Lipinski definition) is 3. The fourth-order valence-corrected chi connectivity index (χ4v) is 1.91. The Kier molecular flexibility index (Phi) is 3.43. The van der Waals surface area contributed by atoms with E-state index >= 15 is 0 Å². The third kappa shape index (κ3) is 2.92. The maximum atomic E-state index is 10.0. The molecular weight excluding hydrogens is 230 g/mol. The highest BCUT2D eigenvalue weighted by atomic mass is 16.4. The summed E-state index contributed by atoms with van der Waals surface area (Å²) in [6, 6.07) is 5.73. The van der Waals surface area contributed by atoms with E-state index in [4.69, 9.17) is 10.2 Å². The summed E-state index contributed by atoms with van der Waals surface area (Å²) >= 11 is 0. The van der Waals surface area contributed by atoms with Gasteiger partial charge in [0.25, 0.3) is 6.01 Å². The Labute approximate surface area is 106 Å². The van der Waals surface area contributed by atoms with Crippen molar-refractivity contribution in [2.45, 2.75) is 32.3 Å². The second kappa shape index (κ2) is 4.86. The van der Waals surface area contributed by atoms with Crippen molar-refractivity contribution in [3.05, 3.63) is 18.2 Å². The first-order chi connectivity index (χ1) is 8.50. The van der Waals surface area contributed by atoms with Gasteiger partial charge in [0.1, 0.15) is 5.52 Å². The number of aliphatic hydroxyl groups is 1. The molecule has 0 fully saturated rings. The third-order valence-electron chi connectivity index (χ3n) is 2.82. The number of fused-ring (bicyclic) bond motifs is 1. The Balaban J connectivity index is 2.08. The maximum absolute atomic E-state index is 10.0. The zero-order valence-electron chi connectivity index (χ0n) is 10.7. The summed E-state index contributed by atoms with van der Waals surface area (Å²) in [7, 11) is 0. The lowest BCUT2D eigenvalue weighted by atomic mass is 10.0. The molecule has 0 saturated carbocycles. The Morgan fingerprint density at radius 2 is 2.28 bits per heavy atom. The molecule has 1 atom stereocenters. The van der Waals surface area contributed by atoms with Crippen LogP contribution in [0.3, 0.4) is 0 Å². The van der Waals surface area contributed by atoms with Crippen molar-refractivity contribution >= 4 is 22.8 Å². The van der Waals surface area contributed by atoms with Gasteiger partial charge in [-0.15, -0.1) is 0 Å². The van der Waals surface area contributed by atoms with Gasteiger partial charge in [-0.3, -0.25) is 0 Å². The van der Waals surface area contributed by atoms with E-state index in [1.165, 1.54) is 0 Å². The second-order valence-electron chi connectivity index (χ2n) is 4.85. The van der Waals surface area contributed by atoms with Crippen LogP contribution in [0.1, 0.15) is 26.7 Å². The molecule has 0 saturated heterocycles. The van der Waals surface area contributed by atoms with Crippen LogP contribution in [-0.4, -0.2) is 22.2 Å². The van der Waals surface area contributed by atoms with Crippen molar-refractivity contribution in [1.82, 2.24) is 4.98 Å². The monoisotopic (exact) mass is 249 g/mol. The zero-order valence-corrected chi connectivity index (χ0v) is 10.7. The summed E-state index contributed by atoms with van der Waals surface area (Å²) < 4.78 is 5.51. The molecule has 0 amide bonds. The average Bonchev–Trinajstić information content (AvgIpc) is 2.68. The quantitative estimate of drug-likeness (QED) is 0.708. The number of anilines is 2. The van der Waals surface area contributed by atoms with Gasteiger partial charge < -0.3 is 20.6 Å². The number of nitrogens with one attached hydrogen (secondary N) is 1. The number of aromatic nitrogens is 1. The van der Waals surface area contributed by atoms with Crippen LogP contribution in [0.25, 0.3) is 11.1 Å². The molecule has 0 radical (unpaired) electrons. The van der Waals surface area contributed by atoms with Gasteiger partial charge in [0.2, 0.25) is 0 Å². The number of hydrogen-bond acceptors (Lipinski definition) is 5. The van der Waals surface area contributed by atoms with Crippen molar-refractivity contribution in [1.29, 1.82) is 0 Å². The van der Waals surface area contributed by atoms with E-state index in [1.807, 2.05) is 13.0 Å². The smallest absolute Gasteiger partial charge is 0.295 e. The minimum Gasteiger partial charge on any atom is -0.423 e. The van der Waals surface area contributed by atoms with Crippen molar-refractivity contribution in [2.24, 2.45) is 0 Å². The highest BCUT2D eigenvalue weighted by molar-refractivity contribution is 5.78. The van der Waals surface area contributed by atoms with Crippen LogP contribution in [0.4, 0.5) is 11.7 Å². The van der Waals surface area contributed by atoms with Gasteiger partial charge in [0.15, 0.2) is 5.58 Å². The topological polar surface area (TPSA) is 84.3 Å². The Bertz CT molecular complexity index is 534. The molecule has 5 heteroatoms. The van der Waals surface area contributed by atoms with E-state index in [2.05, 4.69) is 10.3 Å². The lowest BCUT2D eigenvalue weighted by Gasteiger charge is -2.22. The van der Waals surface area contributed by atoms with E-state index in [1.54, 1.807) is 19.1 Å². The molecule has 0 aliphatic heterocycles. The average molecular weight is 249 g/mol. The Morgan fingerprint density at radius 3 is 3.00 bits per heavy atom. The normalized spacial score (nSPS) is 14.6. The lowest BCUT2D eigenvalue weighted by Crippen LogP contribution is -2.33. The predicted octanol–water partition coefficient (Wildman–Crippen LogP) is 2.37. The summed E-state index contributed by atoms with van der Waals surface area (Å²) in [6.45, 7) is 4.24. The molecule has 1 unspecified atom stereocenters. The molecule has 1 aromatic heterocycles. The van der Waals surface area contributed by atoms with Gasteiger partial charge in [0, 0.05) is 18.3 Å². The van der Waals surface area contributed by atoms with Gasteiger partial charge in [-0.05, 0) is 25.5 Å². The van der Waals surface area contributed by atoms with E-state index in [9.17, 15) is 5.11 Å². The molecular formula is C13H19N3O2.